The SMILES string of the molecule is COc1ccc(Nc2ccnc(Nc3cc(OC)c(OC)c(OC)c3)n2)cc1OC. The van der Waals surface area contributed by atoms with E-state index in [1.165, 1.54) is 0 Å². The second-order valence-electron chi connectivity index (χ2n) is 6.00. The number of ether oxygens (including phenoxy) is 5. The number of anilines is 4. The van der Waals surface area contributed by atoms with Gasteiger partial charge in [-0.2, -0.15) is 4.98 Å². The molecule has 0 aliphatic carbocycles. The first-order valence-electron chi connectivity index (χ1n) is 9.01. The molecular formula is C21H24N4O5. The fourth-order valence-corrected chi connectivity index (χ4v) is 2.83. The molecule has 0 bridgehead atoms. The van der Waals surface area contributed by atoms with Gasteiger partial charge in [0.1, 0.15) is 5.82 Å². The highest BCUT2D eigenvalue weighted by molar-refractivity contribution is 5.67. The largest absolute Gasteiger partial charge is 0.493 e. The first-order valence-corrected chi connectivity index (χ1v) is 9.01. The molecule has 9 heteroatoms. The lowest BCUT2D eigenvalue weighted by Crippen LogP contribution is -2.02. The van der Waals surface area contributed by atoms with Crippen LogP contribution >= 0.6 is 0 Å². The van der Waals surface area contributed by atoms with Crippen molar-refractivity contribution in [1.82, 2.24) is 9.97 Å². The minimum atomic E-state index is 0.398. The second kappa shape index (κ2) is 9.55. The van der Waals surface area contributed by atoms with Crippen LogP contribution in [0, 0.1) is 0 Å². The maximum Gasteiger partial charge on any atom is 0.229 e. The Kier molecular flexibility index (Phi) is 6.63. The maximum atomic E-state index is 5.38. The molecule has 0 atom stereocenters. The number of hydrogen-bond donors (Lipinski definition) is 2. The predicted octanol–water partition coefficient (Wildman–Crippen LogP) is 4.01. The van der Waals surface area contributed by atoms with Crippen molar-refractivity contribution in [2.45, 2.75) is 0 Å². The number of hydrogen-bond acceptors (Lipinski definition) is 9. The molecule has 0 saturated heterocycles. The molecule has 9 nitrogen and oxygen atoms in total. The van der Waals surface area contributed by atoms with Crippen LogP contribution in [0.4, 0.5) is 23.1 Å². The van der Waals surface area contributed by atoms with Gasteiger partial charge in [0.15, 0.2) is 23.0 Å². The van der Waals surface area contributed by atoms with Crippen LogP contribution in [0.5, 0.6) is 28.7 Å². The lowest BCUT2D eigenvalue weighted by Gasteiger charge is -2.15. The van der Waals surface area contributed by atoms with E-state index in [-0.39, 0.29) is 0 Å². The minimum Gasteiger partial charge on any atom is -0.493 e. The summed E-state index contributed by atoms with van der Waals surface area (Å²) in [5.74, 6) is 3.83. The monoisotopic (exact) mass is 412 g/mol. The third-order valence-electron chi connectivity index (χ3n) is 4.23. The van der Waals surface area contributed by atoms with Crippen LogP contribution in [-0.2, 0) is 0 Å². The molecule has 3 rings (SSSR count). The normalized spacial score (nSPS) is 10.2. The van der Waals surface area contributed by atoms with Gasteiger partial charge in [0.2, 0.25) is 11.7 Å². The van der Waals surface area contributed by atoms with E-state index in [9.17, 15) is 0 Å². The van der Waals surface area contributed by atoms with Gasteiger partial charge in [-0.05, 0) is 18.2 Å². The molecule has 2 aromatic carbocycles. The van der Waals surface area contributed by atoms with E-state index in [4.69, 9.17) is 23.7 Å². The Morgan fingerprint density at radius 1 is 0.633 bits per heavy atom. The molecular weight excluding hydrogens is 388 g/mol. The molecule has 0 aliphatic heterocycles. The van der Waals surface area contributed by atoms with Crippen LogP contribution < -0.4 is 34.3 Å². The summed E-state index contributed by atoms with van der Waals surface area (Å²) in [5.41, 5.74) is 1.48. The topological polar surface area (TPSA) is 96.0 Å². The molecule has 0 unspecified atom stereocenters. The summed E-state index contributed by atoms with van der Waals surface area (Å²) in [4.78, 5) is 8.77. The van der Waals surface area contributed by atoms with E-state index >= 15 is 0 Å². The van der Waals surface area contributed by atoms with Crippen molar-refractivity contribution in [3.63, 3.8) is 0 Å². The van der Waals surface area contributed by atoms with E-state index in [0.29, 0.717) is 46.2 Å². The lowest BCUT2D eigenvalue weighted by molar-refractivity contribution is 0.324. The average molecular weight is 412 g/mol. The van der Waals surface area contributed by atoms with Gasteiger partial charge in [-0.15, -0.1) is 0 Å². The van der Waals surface area contributed by atoms with Gasteiger partial charge < -0.3 is 34.3 Å². The zero-order valence-corrected chi connectivity index (χ0v) is 17.5. The van der Waals surface area contributed by atoms with Crippen molar-refractivity contribution in [3.8, 4) is 28.7 Å². The van der Waals surface area contributed by atoms with Crippen molar-refractivity contribution in [2.24, 2.45) is 0 Å². The van der Waals surface area contributed by atoms with Gasteiger partial charge in [0, 0.05) is 35.8 Å². The van der Waals surface area contributed by atoms with Crippen LogP contribution in [0.25, 0.3) is 0 Å². The van der Waals surface area contributed by atoms with Crippen LogP contribution in [0.2, 0.25) is 0 Å². The van der Waals surface area contributed by atoms with Crippen LogP contribution in [0.15, 0.2) is 42.6 Å². The standard InChI is InChI=1S/C21H24N4O5/c1-26-15-7-6-13(10-16(15)27-2)23-19-8-9-22-21(25-19)24-14-11-17(28-3)20(30-5)18(12-14)29-4/h6-12H,1-5H3,(H2,22,23,24,25). The summed E-state index contributed by atoms with van der Waals surface area (Å²) in [6.07, 6.45) is 1.65. The summed E-state index contributed by atoms with van der Waals surface area (Å²) in [6.45, 7) is 0. The number of nitrogens with one attached hydrogen (secondary N) is 2. The molecule has 0 aliphatic rings. The Labute approximate surface area is 174 Å². The molecule has 0 amide bonds. The minimum absolute atomic E-state index is 0.398. The number of rotatable bonds is 9. The Balaban J connectivity index is 1.83. The molecule has 0 spiro atoms. The molecule has 0 fully saturated rings. The van der Waals surface area contributed by atoms with Crippen molar-refractivity contribution in [3.05, 3.63) is 42.6 Å². The Morgan fingerprint density at radius 3 is 1.87 bits per heavy atom. The zero-order valence-electron chi connectivity index (χ0n) is 17.5. The van der Waals surface area contributed by atoms with E-state index in [1.54, 1.807) is 59.9 Å². The Hall–Kier alpha value is -3.88. The molecule has 0 saturated carbocycles. The lowest BCUT2D eigenvalue weighted by atomic mass is 10.2. The Bertz CT molecular complexity index is 987. The van der Waals surface area contributed by atoms with Gasteiger partial charge in [-0.1, -0.05) is 0 Å². The summed E-state index contributed by atoms with van der Waals surface area (Å²) in [6, 6.07) is 10.8. The van der Waals surface area contributed by atoms with Crippen molar-refractivity contribution < 1.29 is 23.7 Å². The number of aromatic nitrogens is 2. The molecule has 1 aromatic heterocycles. The third kappa shape index (κ3) is 4.57. The highest BCUT2D eigenvalue weighted by Gasteiger charge is 2.14. The van der Waals surface area contributed by atoms with Gasteiger partial charge in [-0.3, -0.25) is 0 Å². The Morgan fingerprint density at radius 2 is 1.27 bits per heavy atom. The van der Waals surface area contributed by atoms with Gasteiger partial charge in [0.25, 0.3) is 0 Å². The van der Waals surface area contributed by atoms with Crippen molar-refractivity contribution >= 4 is 23.1 Å². The number of methoxy groups -OCH3 is 5. The fraction of sp³-hybridized carbons (Fsp3) is 0.238. The van der Waals surface area contributed by atoms with Crippen LogP contribution in [0.1, 0.15) is 0 Å². The molecule has 2 N–H and O–H groups in total. The molecule has 0 radical (unpaired) electrons. The second-order valence-corrected chi connectivity index (χ2v) is 6.00. The maximum absolute atomic E-state index is 5.38. The number of benzene rings is 2. The van der Waals surface area contributed by atoms with Gasteiger partial charge >= 0.3 is 0 Å². The first kappa shape index (κ1) is 20.8. The summed E-state index contributed by atoms with van der Waals surface area (Å²) >= 11 is 0. The third-order valence-corrected chi connectivity index (χ3v) is 4.23. The molecule has 30 heavy (non-hydrogen) atoms. The average Bonchev–Trinajstić information content (AvgIpc) is 2.78. The van der Waals surface area contributed by atoms with E-state index in [1.807, 2.05) is 18.2 Å². The summed E-state index contributed by atoms with van der Waals surface area (Å²) in [7, 11) is 7.86. The zero-order chi connectivity index (χ0) is 21.5. The fourth-order valence-electron chi connectivity index (χ4n) is 2.83. The molecule has 3 aromatic rings. The van der Waals surface area contributed by atoms with E-state index < -0.39 is 0 Å². The predicted molar refractivity (Wildman–Crippen MR) is 114 cm³/mol. The van der Waals surface area contributed by atoms with Crippen LogP contribution in [0.3, 0.4) is 0 Å². The van der Waals surface area contributed by atoms with E-state index in [2.05, 4.69) is 20.6 Å². The van der Waals surface area contributed by atoms with Crippen LogP contribution in [-0.4, -0.2) is 45.5 Å². The summed E-state index contributed by atoms with van der Waals surface area (Å²) < 4.78 is 26.7. The van der Waals surface area contributed by atoms with E-state index in [0.717, 1.165) is 5.69 Å². The smallest absolute Gasteiger partial charge is 0.229 e. The molecule has 158 valence electrons. The summed E-state index contributed by atoms with van der Waals surface area (Å²) in [5, 5.41) is 6.37. The quantitative estimate of drug-likeness (QED) is 0.540. The van der Waals surface area contributed by atoms with Gasteiger partial charge in [0.05, 0.1) is 35.5 Å². The highest BCUT2D eigenvalue weighted by Crippen LogP contribution is 2.40. The highest BCUT2D eigenvalue weighted by atomic mass is 16.5. The number of nitrogens with zero attached hydrogens (tertiary/aromatic N) is 2. The van der Waals surface area contributed by atoms with Gasteiger partial charge in [-0.25, -0.2) is 4.98 Å². The first-order chi connectivity index (χ1) is 14.6. The molecule has 1 heterocycles. The van der Waals surface area contributed by atoms with Crippen molar-refractivity contribution in [1.29, 1.82) is 0 Å². The van der Waals surface area contributed by atoms with Crippen molar-refractivity contribution in [2.75, 3.05) is 46.2 Å².